The van der Waals surface area contributed by atoms with E-state index in [0.717, 1.165) is 24.0 Å². The van der Waals surface area contributed by atoms with Crippen molar-refractivity contribution < 1.29 is 17.9 Å². The molecule has 2 unspecified atom stereocenters. The lowest BCUT2D eigenvalue weighted by Crippen LogP contribution is -2.49. The number of alkyl halides is 1. The predicted molar refractivity (Wildman–Crippen MR) is 130 cm³/mol. The van der Waals surface area contributed by atoms with E-state index < -0.39 is 27.5 Å². The Labute approximate surface area is 196 Å². The Balaban J connectivity index is 1.93. The van der Waals surface area contributed by atoms with Crippen LogP contribution in [-0.2, 0) is 22.9 Å². The molecule has 1 N–H and O–H groups in total. The highest BCUT2D eigenvalue weighted by Gasteiger charge is 2.40. The maximum atomic E-state index is 15.5. The third-order valence-electron chi connectivity index (χ3n) is 5.81. The summed E-state index contributed by atoms with van der Waals surface area (Å²) in [5.74, 6) is 0. The molecule has 3 rings (SSSR count). The number of hydrogen-bond donors (Lipinski definition) is 1. The number of nitrogens with zero attached hydrogens (tertiary/aromatic N) is 1. The third kappa shape index (κ3) is 6.73. The summed E-state index contributed by atoms with van der Waals surface area (Å²) in [6.07, 6.45) is 0.409. The largest absolute Gasteiger partial charge is 0.387 e. The summed E-state index contributed by atoms with van der Waals surface area (Å²) in [6, 6.07) is 26.4. The second-order valence-electron chi connectivity index (χ2n) is 8.29. The SMILES string of the molecule is CCCC[C@H](C(O)C(F)S(=O)(=O)c1ccccc1)N(Cc1ccccc1)Cc1ccccc1. The predicted octanol–water partition coefficient (Wildman–Crippen LogP) is 5.38. The van der Waals surface area contributed by atoms with E-state index in [9.17, 15) is 13.5 Å². The zero-order valence-corrected chi connectivity index (χ0v) is 19.7. The maximum absolute atomic E-state index is 15.5. The van der Waals surface area contributed by atoms with Gasteiger partial charge in [-0.1, -0.05) is 98.6 Å². The highest BCUT2D eigenvalue weighted by molar-refractivity contribution is 7.92. The lowest BCUT2D eigenvalue weighted by Gasteiger charge is -2.36. The van der Waals surface area contributed by atoms with Crippen LogP contribution in [-0.4, -0.2) is 36.1 Å². The Morgan fingerprint density at radius 2 is 1.27 bits per heavy atom. The quantitative estimate of drug-likeness (QED) is 0.387. The van der Waals surface area contributed by atoms with Crippen molar-refractivity contribution in [3.05, 3.63) is 102 Å². The Kier molecular flexibility index (Phi) is 9.18. The van der Waals surface area contributed by atoms with Crippen LogP contribution in [0, 0.1) is 0 Å². The van der Waals surface area contributed by atoms with Crippen LogP contribution < -0.4 is 0 Å². The summed E-state index contributed by atoms with van der Waals surface area (Å²) < 4.78 is 41.4. The van der Waals surface area contributed by atoms with Crippen molar-refractivity contribution in [1.29, 1.82) is 0 Å². The smallest absolute Gasteiger partial charge is 0.232 e. The molecule has 6 heteroatoms. The molecule has 176 valence electrons. The molecule has 0 aliphatic carbocycles. The number of hydrogen-bond acceptors (Lipinski definition) is 4. The molecule has 0 aromatic heterocycles. The number of halogens is 1. The maximum Gasteiger partial charge on any atom is 0.232 e. The summed E-state index contributed by atoms with van der Waals surface area (Å²) >= 11 is 0. The third-order valence-corrected chi connectivity index (χ3v) is 7.61. The molecule has 0 fully saturated rings. The normalized spacial score (nSPS) is 14.7. The molecule has 0 spiro atoms. The molecule has 0 aliphatic heterocycles. The van der Waals surface area contributed by atoms with Gasteiger partial charge in [0.25, 0.3) is 0 Å². The molecule has 0 aliphatic rings. The van der Waals surface area contributed by atoms with E-state index in [1.807, 2.05) is 72.5 Å². The topological polar surface area (TPSA) is 57.6 Å². The molecule has 0 bridgehead atoms. The zero-order valence-electron chi connectivity index (χ0n) is 18.9. The standard InChI is InChI=1S/C27H32FNO3S/c1-2-3-19-25(26(30)27(28)33(31,32)24-17-11-6-12-18-24)29(20-22-13-7-4-8-14-22)21-23-15-9-5-10-16-23/h4-18,25-27,30H,2-3,19-21H2,1H3/t25-,26?,27?/m1/s1. The first kappa shape index (κ1) is 25.1. The second-order valence-corrected chi connectivity index (χ2v) is 10.3. The molecule has 0 radical (unpaired) electrons. The summed E-state index contributed by atoms with van der Waals surface area (Å²) in [5.41, 5.74) is -0.386. The van der Waals surface area contributed by atoms with Gasteiger partial charge in [0.05, 0.1) is 4.90 Å². The van der Waals surface area contributed by atoms with Gasteiger partial charge in [0, 0.05) is 19.1 Å². The van der Waals surface area contributed by atoms with E-state index in [1.165, 1.54) is 12.1 Å². The van der Waals surface area contributed by atoms with Crippen LogP contribution in [0.5, 0.6) is 0 Å². The molecule has 4 nitrogen and oxygen atoms in total. The number of aliphatic hydroxyl groups excluding tert-OH is 1. The Bertz CT molecular complexity index is 1020. The summed E-state index contributed by atoms with van der Waals surface area (Å²) in [4.78, 5) is 1.88. The Morgan fingerprint density at radius 1 is 0.818 bits per heavy atom. The van der Waals surface area contributed by atoms with Crippen LogP contribution >= 0.6 is 0 Å². The number of rotatable bonds is 12. The van der Waals surface area contributed by atoms with Gasteiger partial charge in [-0.15, -0.1) is 0 Å². The van der Waals surface area contributed by atoms with Gasteiger partial charge in [-0.05, 0) is 29.7 Å². The molecule has 33 heavy (non-hydrogen) atoms. The van der Waals surface area contributed by atoms with E-state index in [0.29, 0.717) is 19.5 Å². The minimum Gasteiger partial charge on any atom is -0.387 e. The van der Waals surface area contributed by atoms with Gasteiger partial charge >= 0.3 is 0 Å². The minimum atomic E-state index is -4.33. The van der Waals surface area contributed by atoms with Gasteiger partial charge in [-0.3, -0.25) is 4.90 Å². The second kappa shape index (κ2) is 12.1. The number of unbranched alkanes of at least 4 members (excludes halogenated alkanes) is 1. The van der Waals surface area contributed by atoms with Crippen molar-refractivity contribution in [2.45, 2.75) is 61.8 Å². The van der Waals surface area contributed by atoms with E-state index in [4.69, 9.17) is 0 Å². The molecular formula is C27H32FNO3S. The van der Waals surface area contributed by atoms with E-state index in [1.54, 1.807) is 18.2 Å². The van der Waals surface area contributed by atoms with Gasteiger partial charge < -0.3 is 5.11 Å². The molecule has 0 saturated heterocycles. The monoisotopic (exact) mass is 469 g/mol. The van der Waals surface area contributed by atoms with Crippen molar-refractivity contribution in [3.63, 3.8) is 0 Å². The van der Waals surface area contributed by atoms with Crippen molar-refractivity contribution >= 4 is 9.84 Å². The zero-order chi connectivity index (χ0) is 23.7. The summed E-state index contributed by atoms with van der Waals surface area (Å²) in [5, 5.41) is 11.1. The van der Waals surface area contributed by atoms with Crippen molar-refractivity contribution in [1.82, 2.24) is 4.90 Å². The minimum absolute atomic E-state index is 0.122. The van der Waals surface area contributed by atoms with Gasteiger partial charge in [-0.2, -0.15) is 0 Å². The summed E-state index contributed by atoms with van der Waals surface area (Å²) in [6.45, 7) is 2.97. The fourth-order valence-electron chi connectivity index (χ4n) is 4.01. The number of sulfone groups is 1. The molecule has 3 aromatic rings. The molecule has 0 saturated carbocycles. The summed E-state index contributed by atoms with van der Waals surface area (Å²) in [7, 11) is -4.33. The van der Waals surface area contributed by atoms with E-state index in [-0.39, 0.29) is 4.90 Å². The van der Waals surface area contributed by atoms with Crippen LogP contribution in [0.4, 0.5) is 4.39 Å². The Morgan fingerprint density at radius 3 is 1.73 bits per heavy atom. The van der Waals surface area contributed by atoms with Crippen LogP contribution in [0.15, 0.2) is 95.9 Å². The molecule has 3 atom stereocenters. The van der Waals surface area contributed by atoms with Gasteiger partial charge in [0.15, 0.2) is 0 Å². The fourth-order valence-corrected chi connectivity index (χ4v) is 5.35. The average Bonchev–Trinajstić information content (AvgIpc) is 2.85. The van der Waals surface area contributed by atoms with E-state index in [2.05, 4.69) is 0 Å². The lowest BCUT2D eigenvalue weighted by atomic mass is 10.0. The molecule has 3 aromatic carbocycles. The molecule has 0 amide bonds. The highest BCUT2D eigenvalue weighted by Crippen LogP contribution is 2.27. The van der Waals surface area contributed by atoms with Crippen LogP contribution in [0.2, 0.25) is 0 Å². The first-order valence-electron chi connectivity index (χ1n) is 11.4. The van der Waals surface area contributed by atoms with Crippen molar-refractivity contribution in [2.24, 2.45) is 0 Å². The first-order chi connectivity index (χ1) is 15.9. The van der Waals surface area contributed by atoms with Crippen LogP contribution in [0.3, 0.4) is 0 Å². The number of aliphatic hydroxyl groups is 1. The molecule has 0 heterocycles. The lowest BCUT2D eigenvalue weighted by molar-refractivity contribution is 0.00716. The van der Waals surface area contributed by atoms with Crippen molar-refractivity contribution in [2.75, 3.05) is 0 Å². The Hall–Kier alpha value is -2.54. The van der Waals surface area contributed by atoms with Gasteiger partial charge in [-0.25, -0.2) is 12.8 Å². The van der Waals surface area contributed by atoms with Gasteiger partial charge in [0.1, 0.15) is 6.10 Å². The average molecular weight is 470 g/mol. The van der Waals surface area contributed by atoms with Gasteiger partial charge in [0.2, 0.25) is 15.3 Å². The first-order valence-corrected chi connectivity index (χ1v) is 12.9. The van der Waals surface area contributed by atoms with Crippen molar-refractivity contribution in [3.8, 4) is 0 Å². The fraction of sp³-hybridized carbons (Fsp3) is 0.333. The molecular weight excluding hydrogens is 437 g/mol. The van der Waals surface area contributed by atoms with E-state index >= 15 is 4.39 Å². The number of benzene rings is 3. The highest BCUT2D eigenvalue weighted by atomic mass is 32.2. The van der Waals surface area contributed by atoms with Crippen LogP contribution in [0.1, 0.15) is 37.3 Å². The van der Waals surface area contributed by atoms with Crippen LogP contribution in [0.25, 0.3) is 0 Å².